The summed E-state index contributed by atoms with van der Waals surface area (Å²) in [7, 11) is 0. The molecule has 0 amide bonds. The van der Waals surface area contributed by atoms with E-state index in [1.807, 2.05) is 6.07 Å². The van der Waals surface area contributed by atoms with Gasteiger partial charge < -0.3 is 15.4 Å². The van der Waals surface area contributed by atoms with E-state index < -0.39 is 0 Å². The third-order valence-electron chi connectivity index (χ3n) is 3.24. The van der Waals surface area contributed by atoms with Gasteiger partial charge in [-0.15, -0.1) is 0 Å². The van der Waals surface area contributed by atoms with E-state index in [1.54, 1.807) is 0 Å². The standard InChI is InChI=1S/C12H18N4O/c13-10-8-11(15-12(14-10)9-2-3-9)16-4-1-6-17-7-5-16/h8-9H,1-7H2,(H2,13,14,15). The normalized spacial score (nSPS) is 21.3. The molecule has 0 bridgehead atoms. The Hall–Kier alpha value is -1.36. The zero-order valence-electron chi connectivity index (χ0n) is 9.93. The van der Waals surface area contributed by atoms with Crippen molar-refractivity contribution in [1.29, 1.82) is 0 Å². The minimum absolute atomic E-state index is 0.542. The molecule has 1 saturated heterocycles. The maximum absolute atomic E-state index is 5.86. The fraction of sp³-hybridized carbons (Fsp3) is 0.667. The van der Waals surface area contributed by atoms with Crippen LogP contribution in [0.2, 0.25) is 0 Å². The number of anilines is 2. The molecule has 1 aromatic heterocycles. The van der Waals surface area contributed by atoms with Gasteiger partial charge in [-0.3, -0.25) is 0 Å². The van der Waals surface area contributed by atoms with Crippen LogP contribution < -0.4 is 10.6 Å². The van der Waals surface area contributed by atoms with Crippen LogP contribution in [0, 0.1) is 0 Å². The Morgan fingerprint density at radius 2 is 2.12 bits per heavy atom. The van der Waals surface area contributed by atoms with E-state index in [0.717, 1.165) is 44.4 Å². The lowest BCUT2D eigenvalue weighted by Crippen LogP contribution is -2.27. The van der Waals surface area contributed by atoms with E-state index in [-0.39, 0.29) is 0 Å². The van der Waals surface area contributed by atoms with Crippen molar-refractivity contribution in [2.75, 3.05) is 36.9 Å². The largest absolute Gasteiger partial charge is 0.384 e. The summed E-state index contributed by atoms with van der Waals surface area (Å²) < 4.78 is 5.45. The minimum Gasteiger partial charge on any atom is -0.384 e. The smallest absolute Gasteiger partial charge is 0.136 e. The number of hydrogen-bond donors (Lipinski definition) is 1. The van der Waals surface area contributed by atoms with Crippen molar-refractivity contribution in [1.82, 2.24) is 9.97 Å². The van der Waals surface area contributed by atoms with Gasteiger partial charge in [-0.2, -0.15) is 0 Å². The molecule has 0 unspecified atom stereocenters. The SMILES string of the molecule is Nc1cc(N2CCCOCC2)nc(C2CC2)n1. The highest BCUT2D eigenvalue weighted by Crippen LogP contribution is 2.38. The highest BCUT2D eigenvalue weighted by Gasteiger charge is 2.27. The molecule has 2 aliphatic rings. The number of nitrogens with zero attached hydrogens (tertiary/aromatic N) is 3. The lowest BCUT2D eigenvalue weighted by atomic mass is 10.3. The molecule has 0 spiro atoms. The maximum atomic E-state index is 5.86. The molecule has 5 heteroatoms. The summed E-state index contributed by atoms with van der Waals surface area (Å²) in [6.07, 6.45) is 3.45. The summed E-state index contributed by atoms with van der Waals surface area (Å²) in [6.45, 7) is 3.48. The van der Waals surface area contributed by atoms with Gasteiger partial charge in [0.05, 0.1) is 6.61 Å². The van der Waals surface area contributed by atoms with E-state index in [0.29, 0.717) is 11.7 Å². The third kappa shape index (κ3) is 2.49. The molecule has 92 valence electrons. The van der Waals surface area contributed by atoms with Crippen molar-refractivity contribution >= 4 is 11.6 Å². The Morgan fingerprint density at radius 1 is 1.24 bits per heavy atom. The molecule has 1 aromatic rings. The van der Waals surface area contributed by atoms with Crippen LogP contribution in [-0.2, 0) is 4.74 Å². The molecular formula is C12H18N4O. The van der Waals surface area contributed by atoms with Crippen LogP contribution in [0.4, 0.5) is 11.6 Å². The van der Waals surface area contributed by atoms with Gasteiger partial charge in [-0.05, 0) is 19.3 Å². The predicted molar refractivity (Wildman–Crippen MR) is 66.1 cm³/mol. The van der Waals surface area contributed by atoms with Crippen molar-refractivity contribution in [2.45, 2.75) is 25.2 Å². The van der Waals surface area contributed by atoms with E-state index >= 15 is 0 Å². The zero-order chi connectivity index (χ0) is 11.7. The highest BCUT2D eigenvalue weighted by molar-refractivity contribution is 5.47. The number of hydrogen-bond acceptors (Lipinski definition) is 5. The molecule has 2 N–H and O–H groups in total. The first-order valence-corrected chi connectivity index (χ1v) is 6.30. The average Bonchev–Trinajstić information content (AvgIpc) is 3.16. The second-order valence-electron chi connectivity index (χ2n) is 4.74. The van der Waals surface area contributed by atoms with Gasteiger partial charge in [0.2, 0.25) is 0 Å². The first-order valence-electron chi connectivity index (χ1n) is 6.30. The summed E-state index contributed by atoms with van der Waals surface area (Å²) in [4.78, 5) is 11.2. The Labute approximate surface area is 101 Å². The minimum atomic E-state index is 0.542. The Bertz CT molecular complexity index is 397. The quantitative estimate of drug-likeness (QED) is 0.832. The number of rotatable bonds is 2. The fourth-order valence-electron chi connectivity index (χ4n) is 2.13. The van der Waals surface area contributed by atoms with E-state index in [9.17, 15) is 0 Å². The van der Waals surface area contributed by atoms with E-state index in [2.05, 4.69) is 14.9 Å². The first-order chi connectivity index (χ1) is 8.33. The number of aromatic nitrogens is 2. The van der Waals surface area contributed by atoms with Crippen molar-refractivity contribution in [3.63, 3.8) is 0 Å². The number of ether oxygens (including phenoxy) is 1. The van der Waals surface area contributed by atoms with Gasteiger partial charge in [-0.25, -0.2) is 9.97 Å². The lowest BCUT2D eigenvalue weighted by molar-refractivity contribution is 0.152. The summed E-state index contributed by atoms with van der Waals surface area (Å²) in [6, 6.07) is 1.87. The van der Waals surface area contributed by atoms with Gasteiger partial charge in [0, 0.05) is 31.7 Å². The van der Waals surface area contributed by atoms with E-state index in [1.165, 1.54) is 12.8 Å². The fourth-order valence-corrected chi connectivity index (χ4v) is 2.13. The molecule has 1 saturated carbocycles. The highest BCUT2D eigenvalue weighted by atomic mass is 16.5. The van der Waals surface area contributed by atoms with Gasteiger partial charge >= 0.3 is 0 Å². The van der Waals surface area contributed by atoms with Gasteiger partial charge in [0.15, 0.2) is 0 Å². The molecular weight excluding hydrogens is 216 g/mol. The van der Waals surface area contributed by atoms with Crippen LogP contribution in [0.5, 0.6) is 0 Å². The zero-order valence-corrected chi connectivity index (χ0v) is 9.93. The molecule has 1 aliphatic carbocycles. The van der Waals surface area contributed by atoms with Gasteiger partial charge in [-0.1, -0.05) is 0 Å². The summed E-state index contributed by atoms with van der Waals surface area (Å²) in [5.74, 6) is 3.01. The van der Waals surface area contributed by atoms with Crippen LogP contribution in [0.25, 0.3) is 0 Å². The number of nitrogen functional groups attached to an aromatic ring is 1. The van der Waals surface area contributed by atoms with Crippen molar-refractivity contribution in [2.24, 2.45) is 0 Å². The second-order valence-corrected chi connectivity index (χ2v) is 4.74. The topological polar surface area (TPSA) is 64.3 Å². The molecule has 0 aromatic carbocycles. The maximum Gasteiger partial charge on any atom is 0.136 e. The first kappa shape index (κ1) is 10.8. The van der Waals surface area contributed by atoms with Gasteiger partial charge in [0.25, 0.3) is 0 Å². The second kappa shape index (κ2) is 4.49. The third-order valence-corrected chi connectivity index (χ3v) is 3.24. The van der Waals surface area contributed by atoms with Crippen molar-refractivity contribution in [3.8, 4) is 0 Å². The van der Waals surface area contributed by atoms with E-state index in [4.69, 9.17) is 10.5 Å². The van der Waals surface area contributed by atoms with Crippen LogP contribution in [0.1, 0.15) is 31.0 Å². The summed E-state index contributed by atoms with van der Waals surface area (Å²) in [5, 5.41) is 0. The van der Waals surface area contributed by atoms with Crippen LogP contribution in [0.3, 0.4) is 0 Å². The predicted octanol–water partition coefficient (Wildman–Crippen LogP) is 1.16. The van der Waals surface area contributed by atoms with Crippen LogP contribution in [-0.4, -0.2) is 36.3 Å². The van der Waals surface area contributed by atoms with Crippen LogP contribution >= 0.6 is 0 Å². The monoisotopic (exact) mass is 234 g/mol. The lowest BCUT2D eigenvalue weighted by Gasteiger charge is -2.21. The molecule has 2 heterocycles. The number of nitrogens with two attached hydrogens (primary N) is 1. The molecule has 2 fully saturated rings. The van der Waals surface area contributed by atoms with Gasteiger partial charge in [0.1, 0.15) is 17.5 Å². The average molecular weight is 234 g/mol. The summed E-state index contributed by atoms with van der Waals surface area (Å²) in [5.41, 5.74) is 5.86. The van der Waals surface area contributed by atoms with Crippen molar-refractivity contribution < 1.29 is 4.74 Å². The molecule has 5 nitrogen and oxygen atoms in total. The Balaban J connectivity index is 1.84. The molecule has 0 atom stereocenters. The molecule has 17 heavy (non-hydrogen) atoms. The van der Waals surface area contributed by atoms with Crippen molar-refractivity contribution in [3.05, 3.63) is 11.9 Å². The van der Waals surface area contributed by atoms with Crippen LogP contribution in [0.15, 0.2) is 6.07 Å². The summed E-state index contributed by atoms with van der Waals surface area (Å²) >= 11 is 0. The molecule has 0 radical (unpaired) electrons. The Morgan fingerprint density at radius 3 is 2.94 bits per heavy atom. The molecule has 1 aliphatic heterocycles. The Kier molecular flexibility index (Phi) is 2.84. The molecule has 3 rings (SSSR count).